The molecular formula is C28H42N4O7. The number of carbonyl (C=O) groups excluding carboxylic acids is 5. The summed E-state index contributed by atoms with van der Waals surface area (Å²) in [6.07, 6.45) is 3.37. The molecule has 1 aromatic rings. The Hall–Kier alpha value is -3.89. The fourth-order valence-corrected chi connectivity index (χ4v) is 3.78. The maximum absolute atomic E-state index is 14.0. The van der Waals surface area contributed by atoms with Crippen molar-refractivity contribution in [2.75, 3.05) is 20.2 Å². The zero-order chi connectivity index (χ0) is 29.6. The Kier molecular flexibility index (Phi) is 13.7. The Bertz CT molecular complexity index is 1020. The largest absolute Gasteiger partial charge is 0.468 e. The molecule has 0 saturated carbocycles. The van der Waals surface area contributed by atoms with Gasteiger partial charge < -0.3 is 30.7 Å². The van der Waals surface area contributed by atoms with Crippen LogP contribution in [0.1, 0.15) is 77.0 Å². The van der Waals surface area contributed by atoms with Crippen LogP contribution in [0.25, 0.3) is 6.08 Å². The fraction of sp³-hybridized carbons (Fsp3) is 0.536. The number of amides is 4. The average molecular weight is 547 g/mol. The highest BCUT2D eigenvalue weighted by atomic mass is 16.6. The van der Waals surface area contributed by atoms with E-state index in [0.29, 0.717) is 17.5 Å². The van der Waals surface area contributed by atoms with Gasteiger partial charge in [-0.15, -0.1) is 0 Å². The summed E-state index contributed by atoms with van der Waals surface area (Å²) in [5, 5.41) is 4.96. The molecule has 0 heterocycles. The van der Waals surface area contributed by atoms with E-state index in [1.165, 1.54) is 12.0 Å². The quantitative estimate of drug-likeness (QED) is 0.225. The molecule has 0 radical (unpaired) electrons. The maximum atomic E-state index is 14.0. The van der Waals surface area contributed by atoms with E-state index in [9.17, 15) is 24.0 Å². The molecule has 0 aliphatic rings. The Morgan fingerprint density at radius 1 is 1.13 bits per heavy atom. The molecule has 0 fully saturated rings. The van der Waals surface area contributed by atoms with Gasteiger partial charge in [-0.25, -0.2) is 4.79 Å². The van der Waals surface area contributed by atoms with Crippen LogP contribution in [-0.2, 0) is 28.7 Å². The van der Waals surface area contributed by atoms with Gasteiger partial charge in [-0.1, -0.05) is 57.0 Å². The van der Waals surface area contributed by atoms with Gasteiger partial charge in [0.25, 0.3) is 0 Å². The van der Waals surface area contributed by atoms with Crippen molar-refractivity contribution >= 4 is 35.9 Å². The van der Waals surface area contributed by atoms with Gasteiger partial charge in [0, 0.05) is 6.54 Å². The van der Waals surface area contributed by atoms with E-state index in [0.717, 1.165) is 19.3 Å². The molecule has 0 saturated heterocycles. The van der Waals surface area contributed by atoms with Crippen molar-refractivity contribution in [3.63, 3.8) is 0 Å². The number of nitrogens with two attached hydrogens (primary N) is 1. The van der Waals surface area contributed by atoms with Crippen molar-refractivity contribution in [2.24, 2.45) is 5.73 Å². The zero-order valence-corrected chi connectivity index (χ0v) is 23.6. The van der Waals surface area contributed by atoms with E-state index in [1.807, 2.05) is 6.92 Å². The third kappa shape index (κ3) is 12.0. The summed E-state index contributed by atoms with van der Waals surface area (Å²) in [6.45, 7) is 10.5. The number of hydrogen-bond donors (Lipinski definition) is 3. The number of hydrogen-bond acceptors (Lipinski definition) is 7. The lowest BCUT2D eigenvalue weighted by Gasteiger charge is -2.34. The van der Waals surface area contributed by atoms with Gasteiger partial charge in [-0.2, -0.15) is 0 Å². The summed E-state index contributed by atoms with van der Waals surface area (Å²) in [5.41, 5.74) is 5.71. The molecule has 2 atom stereocenters. The third-order valence-corrected chi connectivity index (χ3v) is 5.59. The molecule has 2 unspecified atom stereocenters. The van der Waals surface area contributed by atoms with Crippen molar-refractivity contribution < 1.29 is 33.4 Å². The van der Waals surface area contributed by atoms with Gasteiger partial charge in [0.05, 0.1) is 13.5 Å². The number of unbranched alkanes of at least 4 members (excludes halogenated alkanes) is 3. The summed E-state index contributed by atoms with van der Waals surface area (Å²) in [5.74, 6) is -2.82. The summed E-state index contributed by atoms with van der Waals surface area (Å²) in [4.78, 5) is 65.0. The lowest BCUT2D eigenvalue weighted by molar-refractivity contribution is -0.145. The lowest BCUT2D eigenvalue weighted by Crippen LogP contribution is -2.54. The lowest BCUT2D eigenvalue weighted by atomic mass is 9.99. The topological polar surface area (TPSA) is 157 Å². The standard InChI is InChI=1S/C28H42N4O7/c1-7-9-10-11-15-32(26(36)21(17-22(29)33)31-27(37)39-28(3,4)5)24(25(35)30-18-23(34)38-6)20-14-12-13-19(8-2)16-20/h8,12-14,16,21,24H,2,7,9-11,15,17-18H2,1,3-6H3,(H2,29,33)(H,30,35)(H,31,37). The Morgan fingerprint density at radius 3 is 2.38 bits per heavy atom. The highest BCUT2D eigenvalue weighted by Gasteiger charge is 2.37. The van der Waals surface area contributed by atoms with Crippen LogP contribution < -0.4 is 16.4 Å². The molecular weight excluding hydrogens is 504 g/mol. The van der Waals surface area contributed by atoms with Crippen LogP contribution in [-0.4, -0.2) is 66.5 Å². The highest BCUT2D eigenvalue weighted by Crippen LogP contribution is 2.25. The van der Waals surface area contributed by atoms with Crippen LogP contribution in [0.4, 0.5) is 4.79 Å². The van der Waals surface area contributed by atoms with Gasteiger partial charge in [-0.3, -0.25) is 19.2 Å². The second-order valence-corrected chi connectivity index (χ2v) is 10.0. The monoisotopic (exact) mass is 546 g/mol. The summed E-state index contributed by atoms with van der Waals surface area (Å²) < 4.78 is 9.91. The van der Waals surface area contributed by atoms with Crippen LogP contribution >= 0.6 is 0 Å². The molecule has 0 aromatic heterocycles. The van der Waals surface area contributed by atoms with Crippen LogP contribution in [0.5, 0.6) is 0 Å². The summed E-state index contributed by atoms with van der Waals surface area (Å²) >= 11 is 0. The van der Waals surface area contributed by atoms with Crippen LogP contribution in [0, 0.1) is 0 Å². The molecule has 1 aromatic carbocycles. The van der Waals surface area contributed by atoms with Crippen LogP contribution in [0.3, 0.4) is 0 Å². The molecule has 4 N–H and O–H groups in total. The van der Waals surface area contributed by atoms with E-state index < -0.39 is 60.4 Å². The normalized spacial score (nSPS) is 12.4. The van der Waals surface area contributed by atoms with Crippen molar-refractivity contribution in [3.05, 3.63) is 42.0 Å². The number of esters is 1. The second-order valence-electron chi connectivity index (χ2n) is 10.0. The van der Waals surface area contributed by atoms with Gasteiger partial charge in [-0.05, 0) is 44.4 Å². The fourth-order valence-electron chi connectivity index (χ4n) is 3.78. The van der Waals surface area contributed by atoms with E-state index in [2.05, 4.69) is 21.9 Å². The van der Waals surface area contributed by atoms with Crippen molar-refractivity contribution in [1.29, 1.82) is 0 Å². The number of ether oxygens (including phenoxy) is 2. The minimum atomic E-state index is -1.39. The predicted octanol–water partition coefficient (Wildman–Crippen LogP) is 2.84. The van der Waals surface area contributed by atoms with Crippen molar-refractivity contribution in [1.82, 2.24) is 15.5 Å². The van der Waals surface area contributed by atoms with E-state index in [-0.39, 0.29) is 6.54 Å². The van der Waals surface area contributed by atoms with Gasteiger partial charge >= 0.3 is 12.1 Å². The van der Waals surface area contributed by atoms with Crippen LogP contribution in [0.2, 0.25) is 0 Å². The predicted molar refractivity (Wildman–Crippen MR) is 147 cm³/mol. The van der Waals surface area contributed by atoms with Gasteiger partial charge in [0.2, 0.25) is 17.7 Å². The first-order valence-corrected chi connectivity index (χ1v) is 13.0. The Morgan fingerprint density at radius 2 is 1.82 bits per heavy atom. The van der Waals surface area contributed by atoms with E-state index in [4.69, 9.17) is 10.5 Å². The number of alkyl carbamates (subject to hydrolysis) is 1. The molecule has 4 amide bonds. The number of nitrogens with zero attached hydrogens (tertiary/aromatic N) is 1. The molecule has 0 aliphatic heterocycles. The number of primary amides is 1. The number of nitrogens with one attached hydrogen (secondary N) is 2. The summed E-state index contributed by atoms with van der Waals surface area (Å²) in [7, 11) is 1.19. The molecule has 0 aliphatic carbocycles. The van der Waals surface area contributed by atoms with E-state index >= 15 is 0 Å². The Labute approximate surface area is 230 Å². The molecule has 11 heteroatoms. The van der Waals surface area contributed by atoms with Gasteiger partial charge in [0.1, 0.15) is 24.2 Å². The molecule has 11 nitrogen and oxygen atoms in total. The maximum Gasteiger partial charge on any atom is 0.408 e. The zero-order valence-electron chi connectivity index (χ0n) is 23.6. The first kappa shape index (κ1) is 33.1. The first-order chi connectivity index (χ1) is 18.3. The number of rotatable bonds is 15. The third-order valence-electron chi connectivity index (χ3n) is 5.59. The number of benzene rings is 1. The Balaban J connectivity index is 3.55. The van der Waals surface area contributed by atoms with Gasteiger partial charge in [0.15, 0.2) is 0 Å². The minimum Gasteiger partial charge on any atom is -0.468 e. The summed E-state index contributed by atoms with van der Waals surface area (Å²) in [6, 6.07) is 4.29. The van der Waals surface area contributed by atoms with Crippen molar-refractivity contribution in [3.8, 4) is 0 Å². The number of methoxy groups -OCH3 is 1. The molecule has 0 bridgehead atoms. The smallest absolute Gasteiger partial charge is 0.408 e. The molecule has 39 heavy (non-hydrogen) atoms. The average Bonchev–Trinajstić information content (AvgIpc) is 2.86. The minimum absolute atomic E-state index is 0.138. The second kappa shape index (κ2) is 16.2. The number of carbonyl (C=O) groups is 5. The first-order valence-electron chi connectivity index (χ1n) is 13.0. The van der Waals surface area contributed by atoms with Crippen LogP contribution in [0.15, 0.2) is 30.8 Å². The molecule has 1 rings (SSSR count). The molecule has 216 valence electrons. The highest BCUT2D eigenvalue weighted by molar-refractivity contribution is 5.95. The van der Waals surface area contributed by atoms with Crippen molar-refractivity contribution in [2.45, 2.75) is 77.5 Å². The SMILES string of the molecule is C=Cc1cccc(C(C(=O)NCC(=O)OC)N(CCCCCC)C(=O)C(CC(N)=O)NC(=O)OC(C)(C)C)c1. The molecule has 0 spiro atoms. The van der Waals surface area contributed by atoms with E-state index in [1.54, 1.807) is 51.1 Å².